The van der Waals surface area contributed by atoms with Gasteiger partial charge < -0.3 is 5.11 Å². The minimum atomic E-state index is -3.15. The van der Waals surface area contributed by atoms with Gasteiger partial charge in [-0.2, -0.15) is 0 Å². The SMILES string of the molecule is CCCCS(=O)(=O)N(C)CC(O)C1CC1. The number of rotatable bonds is 7. The van der Waals surface area contributed by atoms with Crippen LogP contribution in [0.2, 0.25) is 0 Å². The number of aliphatic hydroxyl groups is 1. The summed E-state index contributed by atoms with van der Waals surface area (Å²) in [7, 11) is -1.60. The van der Waals surface area contributed by atoms with Gasteiger partial charge in [0.25, 0.3) is 0 Å². The van der Waals surface area contributed by atoms with Crippen molar-refractivity contribution >= 4 is 10.0 Å². The van der Waals surface area contributed by atoms with E-state index in [0.29, 0.717) is 12.3 Å². The van der Waals surface area contributed by atoms with Crippen LogP contribution in [0.4, 0.5) is 0 Å². The summed E-state index contributed by atoms with van der Waals surface area (Å²) in [6, 6.07) is 0. The largest absolute Gasteiger partial charge is 0.391 e. The topological polar surface area (TPSA) is 57.6 Å². The molecule has 90 valence electrons. The molecule has 0 radical (unpaired) electrons. The van der Waals surface area contributed by atoms with E-state index in [1.807, 2.05) is 6.92 Å². The molecule has 4 nitrogen and oxygen atoms in total. The van der Waals surface area contributed by atoms with Gasteiger partial charge in [-0.1, -0.05) is 13.3 Å². The average Bonchev–Trinajstić information content (AvgIpc) is 2.97. The predicted molar refractivity (Wildman–Crippen MR) is 60.1 cm³/mol. The molecule has 0 aromatic heterocycles. The normalized spacial score (nSPS) is 19.5. The fourth-order valence-electron chi connectivity index (χ4n) is 1.49. The van der Waals surface area contributed by atoms with E-state index in [4.69, 9.17) is 0 Å². The Bertz CT molecular complexity index is 285. The summed E-state index contributed by atoms with van der Waals surface area (Å²) in [5.41, 5.74) is 0. The molecular weight excluding hydrogens is 214 g/mol. The summed E-state index contributed by atoms with van der Waals surface area (Å²) in [5.74, 6) is 0.519. The summed E-state index contributed by atoms with van der Waals surface area (Å²) >= 11 is 0. The van der Waals surface area contributed by atoms with Crippen LogP contribution in [0, 0.1) is 5.92 Å². The zero-order valence-electron chi connectivity index (χ0n) is 9.52. The van der Waals surface area contributed by atoms with Crippen LogP contribution in [0.3, 0.4) is 0 Å². The first-order chi connectivity index (χ1) is 6.97. The van der Waals surface area contributed by atoms with Gasteiger partial charge >= 0.3 is 0 Å². The van der Waals surface area contributed by atoms with Crippen LogP contribution < -0.4 is 0 Å². The molecule has 1 aliphatic carbocycles. The smallest absolute Gasteiger partial charge is 0.213 e. The maximum absolute atomic E-state index is 11.7. The lowest BCUT2D eigenvalue weighted by Gasteiger charge is -2.20. The van der Waals surface area contributed by atoms with E-state index in [2.05, 4.69) is 0 Å². The molecule has 1 aliphatic rings. The number of hydrogen-bond donors (Lipinski definition) is 1. The predicted octanol–water partition coefficient (Wildman–Crippen LogP) is 0.819. The first kappa shape index (κ1) is 12.9. The Morgan fingerprint density at radius 1 is 1.47 bits per heavy atom. The van der Waals surface area contributed by atoms with Crippen molar-refractivity contribution < 1.29 is 13.5 Å². The van der Waals surface area contributed by atoms with Gasteiger partial charge in [0.05, 0.1) is 11.9 Å². The van der Waals surface area contributed by atoms with Crippen LogP contribution in [0.25, 0.3) is 0 Å². The summed E-state index contributed by atoms with van der Waals surface area (Å²) in [6.45, 7) is 2.21. The molecule has 1 atom stereocenters. The van der Waals surface area contributed by atoms with Crippen LogP contribution in [0.5, 0.6) is 0 Å². The first-order valence-electron chi connectivity index (χ1n) is 5.59. The quantitative estimate of drug-likeness (QED) is 0.710. The van der Waals surface area contributed by atoms with E-state index in [0.717, 1.165) is 19.3 Å². The van der Waals surface area contributed by atoms with Gasteiger partial charge in [0, 0.05) is 13.6 Å². The highest BCUT2D eigenvalue weighted by Crippen LogP contribution is 2.32. The molecular formula is C10H21NO3S. The van der Waals surface area contributed by atoms with E-state index >= 15 is 0 Å². The molecule has 0 bridgehead atoms. The van der Waals surface area contributed by atoms with Crippen molar-refractivity contribution in [3.8, 4) is 0 Å². The van der Waals surface area contributed by atoms with Crippen molar-refractivity contribution in [2.45, 2.75) is 38.7 Å². The van der Waals surface area contributed by atoms with Gasteiger partial charge in [-0.05, 0) is 25.2 Å². The van der Waals surface area contributed by atoms with Crippen LogP contribution in [-0.2, 0) is 10.0 Å². The lowest BCUT2D eigenvalue weighted by Crippen LogP contribution is -2.36. The third kappa shape index (κ3) is 4.09. The fourth-order valence-corrected chi connectivity index (χ4v) is 2.83. The molecule has 0 saturated heterocycles. The molecule has 15 heavy (non-hydrogen) atoms. The number of nitrogens with zero attached hydrogens (tertiary/aromatic N) is 1. The maximum atomic E-state index is 11.7. The Balaban J connectivity index is 2.39. The number of likely N-dealkylation sites (N-methyl/N-ethyl adjacent to an activating group) is 1. The lowest BCUT2D eigenvalue weighted by atomic mass is 10.2. The van der Waals surface area contributed by atoms with E-state index in [9.17, 15) is 13.5 Å². The molecule has 0 amide bonds. The van der Waals surface area contributed by atoms with Gasteiger partial charge in [0.15, 0.2) is 0 Å². The minimum Gasteiger partial charge on any atom is -0.391 e. The summed E-state index contributed by atoms with van der Waals surface area (Å²) in [6.07, 6.45) is 3.14. The Kier molecular flexibility index (Phi) is 4.55. The highest BCUT2D eigenvalue weighted by Gasteiger charge is 2.32. The van der Waals surface area contributed by atoms with Gasteiger partial charge in [-0.25, -0.2) is 12.7 Å². The standard InChI is InChI=1S/C10H21NO3S/c1-3-4-7-15(13,14)11(2)8-10(12)9-5-6-9/h9-10,12H,3-8H2,1-2H3. The highest BCUT2D eigenvalue weighted by molar-refractivity contribution is 7.89. The maximum Gasteiger partial charge on any atom is 0.213 e. The Morgan fingerprint density at radius 2 is 2.07 bits per heavy atom. The second-order valence-electron chi connectivity index (χ2n) is 4.35. The molecule has 1 saturated carbocycles. The zero-order chi connectivity index (χ0) is 11.5. The number of unbranched alkanes of at least 4 members (excludes halogenated alkanes) is 1. The van der Waals surface area contributed by atoms with Crippen LogP contribution >= 0.6 is 0 Å². The molecule has 0 aromatic rings. The fraction of sp³-hybridized carbons (Fsp3) is 1.00. The Hall–Kier alpha value is -0.130. The molecule has 1 unspecified atom stereocenters. The van der Waals surface area contributed by atoms with Crippen molar-refractivity contribution in [1.29, 1.82) is 0 Å². The van der Waals surface area contributed by atoms with Gasteiger partial charge in [0.1, 0.15) is 0 Å². The van der Waals surface area contributed by atoms with Gasteiger partial charge in [-0.15, -0.1) is 0 Å². The van der Waals surface area contributed by atoms with E-state index < -0.39 is 16.1 Å². The summed E-state index contributed by atoms with van der Waals surface area (Å²) in [5, 5.41) is 9.64. The Labute approximate surface area is 92.3 Å². The molecule has 0 heterocycles. The number of aliphatic hydroxyl groups excluding tert-OH is 1. The number of hydrogen-bond acceptors (Lipinski definition) is 3. The van der Waals surface area contributed by atoms with E-state index in [1.54, 1.807) is 7.05 Å². The number of sulfonamides is 1. The van der Waals surface area contributed by atoms with Crippen molar-refractivity contribution in [1.82, 2.24) is 4.31 Å². The third-order valence-corrected chi connectivity index (χ3v) is 4.74. The zero-order valence-corrected chi connectivity index (χ0v) is 10.3. The third-order valence-electron chi connectivity index (χ3n) is 2.84. The molecule has 0 spiro atoms. The second-order valence-corrected chi connectivity index (χ2v) is 6.55. The van der Waals surface area contributed by atoms with Crippen LogP contribution in [0.15, 0.2) is 0 Å². The summed E-state index contributed by atoms with van der Waals surface area (Å²) < 4.78 is 24.7. The molecule has 1 fully saturated rings. The molecule has 0 aliphatic heterocycles. The van der Waals surface area contributed by atoms with Gasteiger partial charge in [-0.3, -0.25) is 0 Å². The minimum absolute atomic E-state index is 0.192. The Morgan fingerprint density at radius 3 is 2.53 bits per heavy atom. The summed E-state index contributed by atoms with van der Waals surface area (Å²) in [4.78, 5) is 0. The van der Waals surface area contributed by atoms with Crippen LogP contribution in [0.1, 0.15) is 32.6 Å². The second kappa shape index (κ2) is 5.27. The first-order valence-corrected chi connectivity index (χ1v) is 7.20. The molecule has 5 heteroatoms. The average molecular weight is 235 g/mol. The van der Waals surface area contributed by atoms with Crippen molar-refractivity contribution in [3.63, 3.8) is 0 Å². The molecule has 1 N–H and O–H groups in total. The van der Waals surface area contributed by atoms with E-state index in [1.165, 1.54) is 4.31 Å². The van der Waals surface area contributed by atoms with Crippen molar-refractivity contribution in [2.75, 3.05) is 19.3 Å². The monoisotopic (exact) mass is 235 g/mol. The van der Waals surface area contributed by atoms with Crippen molar-refractivity contribution in [2.24, 2.45) is 5.92 Å². The molecule has 0 aromatic carbocycles. The van der Waals surface area contributed by atoms with Crippen molar-refractivity contribution in [3.05, 3.63) is 0 Å². The highest BCUT2D eigenvalue weighted by atomic mass is 32.2. The molecule has 1 rings (SSSR count). The lowest BCUT2D eigenvalue weighted by molar-refractivity contribution is 0.131. The van der Waals surface area contributed by atoms with Gasteiger partial charge in [0.2, 0.25) is 10.0 Å². The van der Waals surface area contributed by atoms with E-state index in [-0.39, 0.29) is 12.3 Å². The van der Waals surface area contributed by atoms with Crippen LogP contribution in [-0.4, -0.2) is 43.3 Å².